The Morgan fingerprint density at radius 2 is 2.00 bits per heavy atom. The first-order chi connectivity index (χ1) is 14.3. The van der Waals surface area contributed by atoms with Crippen molar-refractivity contribution in [1.82, 2.24) is 24.9 Å². The summed E-state index contributed by atoms with van der Waals surface area (Å²) in [4.78, 5) is 21.9. The highest BCUT2D eigenvalue weighted by atomic mass is 16.4. The molecule has 2 atom stereocenters. The summed E-state index contributed by atoms with van der Waals surface area (Å²) in [6.45, 7) is 2.26. The van der Waals surface area contributed by atoms with Crippen molar-refractivity contribution in [2.24, 2.45) is 0 Å². The molecule has 2 aromatic heterocycles. The third-order valence-corrected chi connectivity index (χ3v) is 6.44. The van der Waals surface area contributed by atoms with Gasteiger partial charge in [0.15, 0.2) is 5.58 Å². The molecule has 1 saturated carbocycles. The molecule has 1 amide bonds. The van der Waals surface area contributed by atoms with E-state index in [1.165, 1.54) is 12.8 Å². The van der Waals surface area contributed by atoms with Gasteiger partial charge in [-0.15, -0.1) is 5.10 Å². The van der Waals surface area contributed by atoms with Crippen molar-refractivity contribution in [2.45, 2.75) is 50.1 Å². The van der Waals surface area contributed by atoms with E-state index in [0.29, 0.717) is 18.5 Å². The Hall–Kier alpha value is -2.90. The maximum Gasteiger partial charge on any atom is 0.299 e. The minimum atomic E-state index is -0.195. The van der Waals surface area contributed by atoms with Crippen molar-refractivity contribution < 1.29 is 9.21 Å². The number of fused-ring (bicyclic) bond motifs is 1. The first kappa shape index (κ1) is 17.0. The third kappa shape index (κ3) is 2.97. The first-order valence-electron chi connectivity index (χ1n) is 10.6. The molecule has 3 fully saturated rings. The van der Waals surface area contributed by atoms with Crippen molar-refractivity contribution in [3.8, 4) is 0 Å². The van der Waals surface area contributed by atoms with Crippen LogP contribution in [0.25, 0.3) is 11.1 Å². The molecule has 1 aliphatic carbocycles. The third-order valence-electron chi connectivity index (χ3n) is 6.44. The standard InChI is InChI=1S/C21H24N6O2/c28-20(25-11-9-15(12-25)27-13-17(23-24-27)14-7-8-14)18-5-3-10-26(18)21-22-16-4-1-2-6-19(16)29-21/h1-2,4,6,13-15,18H,3,5,7-12H2. The molecule has 8 heteroatoms. The number of benzene rings is 1. The summed E-state index contributed by atoms with van der Waals surface area (Å²) in [6, 6.07) is 8.32. The zero-order valence-corrected chi connectivity index (χ0v) is 16.3. The van der Waals surface area contributed by atoms with E-state index in [4.69, 9.17) is 4.42 Å². The quantitative estimate of drug-likeness (QED) is 0.679. The number of carbonyl (C=O) groups excluding carboxylic acids is 1. The molecule has 29 heavy (non-hydrogen) atoms. The second-order valence-corrected chi connectivity index (χ2v) is 8.44. The predicted octanol–water partition coefficient (Wildman–Crippen LogP) is 2.74. The van der Waals surface area contributed by atoms with Gasteiger partial charge < -0.3 is 14.2 Å². The van der Waals surface area contributed by atoms with Gasteiger partial charge in [0, 0.05) is 31.7 Å². The van der Waals surface area contributed by atoms with E-state index in [9.17, 15) is 4.79 Å². The molecule has 0 radical (unpaired) electrons. The lowest BCUT2D eigenvalue weighted by Crippen LogP contribution is -2.45. The van der Waals surface area contributed by atoms with Gasteiger partial charge in [-0.1, -0.05) is 17.3 Å². The topological polar surface area (TPSA) is 80.3 Å². The van der Waals surface area contributed by atoms with Crippen LogP contribution in [0.1, 0.15) is 49.8 Å². The van der Waals surface area contributed by atoms with E-state index in [-0.39, 0.29) is 18.0 Å². The lowest BCUT2D eigenvalue weighted by atomic mass is 10.2. The van der Waals surface area contributed by atoms with Crippen LogP contribution in [0.15, 0.2) is 34.9 Å². The minimum absolute atomic E-state index is 0.176. The van der Waals surface area contributed by atoms with E-state index in [0.717, 1.165) is 49.1 Å². The van der Waals surface area contributed by atoms with Gasteiger partial charge in [-0.05, 0) is 44.2 Å². The average molecular weight is 392 g/mol. The number of aromatic nitrogens is 4. The number of oxazole rings is 1. The Morgan fingerprint density at radius 3 is 2.86 bits per heavy atom. The molecule has 3 aromatic rings. The summed E-state index contributed by atoms with van der Waals surface area (Å²) in [5, 5.41) is 8.65. The number of hydrogen-bond acceptors (Lipinski definition) is 6. The zero-order chi connectivity index (χ0) is 19.4. The number of hydrogen-bond donors (Lipinski definition) is 0. The van der Waals surface area contributed by atoms with E-state index in [1.807, 2.05) is 38.7 Å². The van der Waals surface area contributed by atoms with Crippen LogP contribution in [0.4, 0.5) is 6.01 Å². The van der Waals surface area contributed by atoms with E-state index < -0.39 is 0 Å². The van der Waals surface area contributed by atoms with Crippen LogP contribution in [-0.4, -0.2) is 56.5 Å². The minimum Gasteiger partial charge on any atom is -0.423 e. The average Bonchev–Trinajstić information content (AvgIpc) is 3.23. The molecular weight excluding hydrogens is 368 g/mol. The maximum absolute atomic E-state index is 13.3. The number of carbonyl (C=O) groups is 1. The number of likely N-dealkylation sites (tertiary alicyclic amines) is 1. The lowest BCUT2D eigenvalue weighted by Gasteiger charge is -2.26. The Morgan fingerprint density at radius 1 is 1.10 bits per heavy atom. The SMILES string of the molecule is O=C(C1CCCN1c1nc2ccccc2o1)N1CCC(n2cc(C3CC3)nn2)C1. The molecule has 6 rings (SSSR count). The van der Waals surface area contributed by atoms with Crippen LogP contribution in [-0.2, 0) is 4.79 Å². The summed E-state index contributed by atoms with van der Waals surface area (Å²) in [5.41, 5.74) is 2.70. The number of rotatable bonds is 4. The molecule has 2 unspecified atom stereocenters. The lowest BCUT2D eigenvalue weighted by molar-refractivity contribution is -0.131. The van der Waals surface area contributed by atoms with Crippen molar-refractivity contribution in [1.29, 1.82) is 0 Å². The highest BCUT2D eigenvalue weighted by molar-refractivity contribution is 5.86. The normalized spacial score (nSPS) is 24.7. The van der Waals surface area contributed by atoms with Gasteiger partial charge >= 0.3 is 0 Å². The summed E-state index contributed by atoms with van der Waals surface area (Å²) >= 11 is 0. The van der Waals surface area contributed by atoms with Crippen LogP contribution in [0.3, 0.4) is 0 Å². The van der Waals surface area contributed by atoms with E-state index >= 15 is 0 Å². The summed E-state index contributed by atoms with van der Waals surface area (Å²) in [7, 11) is 0. The van der Waals surface area contributed by atoms with Crippen LogP contribution < -0.4 is 4.90 Å². The molecule has 8 nitrogen and oxygen atoms in total. The van der Waals surface area contributed by atoms with Gasteiger partial charge in [0.2, 0.25) is 5.91 Å². The van der Waals surface area contributed by atoms with Gasteiger partial charge in [-0.3, -0.25) is 4.79 Å². The van der Waals surface area contributed by atoms with Gasteiger partial charge in [0.25, 0.3) is 6.01 Å². The highest BCUT2D eigenvalue weighted by Gasteiger charge is 2.39. The Bertz CT molecular complexity index is 1020. The fourth-order valence-corrected chi connectivity index (χ4v) is 4.64. The molecule has 0 spiro atoms. The summed E-state index contributed by atoms with van der Waals surface area (Å²) < 4.78 is 7.90. The molecule has 2 saturated heterocycles. The molecule has 1 aromatic carbocycles. The molecule has 150 valence electrons. The van der Waals surface area contributed by atoms with Crippen LogP contribution >= 0.6 is 0 Å². The Kier molecular flexibility index (Phi) is 3.85. The number of nitrogens with zero attached hydrogens (tertiary/aromatic N) is 6. The predicted molar refractivity (Wildman–Crippen MR) is 107 cm³/mol. The maximum atomic E-state index is 13.3. The highest BCUT2D eigenvalue weighted by Crippen LogP contribution is 2.39. The summed E-state index contributed by atoms with van der Waals surface area (Å²) in [6.07, 6.45) is 7.27. The fraction of sp³-hybridized carbons (Fsp3) is 0.524. The smallest absolute Gasteiger partial charge is 0.299 e. The van der Waals surface area contributed by atoms with Crippen molar-refractivity contribution in [3.63, 3.8) is 0 Å². The second-order valence-electron chi connectivity index (χ2n) is 8.44. The van der Waals surface area contributed by atoms with Crippen molar-refractivity contribution in [2.75, 3.05) is 24.5 Å². The monoisotopic (exact) mass is 392 g/mol. The van der Waals surface area contributed by atoms with Gasteiger partial charge in [-0.25, -0.2) is 4.68 Å². The van der Waals surface area contributed by atoms with Gasteiger partial charge in [0.05, 0.1) is 11.7 Å². The second kappa shape index (κ2) is 6.57. The van der Waals surface area contributed by atoms with Gasteiger partial charge in [0.1, 0.15) is 11.6 Å². The van der Waals surface area contributed by atoms with Crippen molar-refractivity contribution in [3.05, 3.63) is 36.2 Å². The Balaban J connectivity index is 1.17. The number of anilines is 1. The molecule has 0 bridgehead atoms. The van der Waals surface area contributed by atoms with Crippen molar-refractivity contribution >= 4 is 23.0 Å². The van der Waals surface area contributed by atoms with Gasteiger partial charge in [-0.2, -0.15) is 4.98 Å². The number of amides is 1. The van der Waals surface area contributed by atoms with Crippen LogP contribution in [0, 0.1) is 0 Å². The summed E-state index contributed by atoms with van der Waals surface area (Å²) in [5.74, 6) is 0.779. The zero-order valence-electron chi connectivity index (χ0n) is 16.3. The fourth-order valence-electron chi connectivity index (χ4n) is 4.64. The van der Waals surface area contributed by atoms with Crippen LogP contribution in [0.2, 0.25) is 0 Å². The molecule has 4 heterocycles. The molecular formula is C21H24N6O2. The Labute approximate surface area is 168 Å². The largest absolute Gasteiger partial charge is 0.423 e. The van der Waals surface area contributed by atoms with E-state index in [1.54, 1.807) is 0 Å². The number of para-hydroxylation sites is 2. The first-order valence-corrected chi connectivity index (χ1v) is 10.6. The molecule has 0 N–H and O–H groups in total. The van der Waals surface area contributed by atoms with Crippen LogP contribution in [0.5, 0.6) is 0 Å². The molecule has 3 aliphatic rings. The van der Waals surface area contributed by atoms with E-state index in [2.05, 4.69) is 21.5 Å². The molecule has 2 aliphatic heterocycles.